The van der Waals surface area contributed by atoms with Gasteiger partial charge in [-0.3, -0.25) is 13.9 Å². The van der Waals surface area contributed by atoms with E-state index in [1.165, 1.54) is 53.4 Å². The Morgan fingerprint density at radius 2 is 1.56 bits per heavy atom. The number of nitrogens with zero attached hydrogens (tertiary/aromatic N) is 2. The number of ether oxygens (including phenoxy) is 1. The van der Waals surface area contributed by atoms with E-state index >= 15 is 0 Å². The lowest BCUT2D eigenvalue weighted by atomic mass is 10.1. The molecule has 1 N–H and O–H groups in total. The summed E-state index contributed by atoms with van der Waals surface area (Å²) in [5.41, 5.74) is 0.811. The Kier molecular flexibility index (Phi) is 11.1. The molecule has 3 aromatic carbocycles. The molecule has 3 aromatic rings. The minimum Gasteiger partial charge on any atom is -0.494 e. The molecule has 11 heteroatoms. The topological polar surface area (TPSA) is 96.0 Å². The summed E-state index contributed by atoms with van der Waals surface area (Å²) >= 11 is 5.98. The fraction of sp³-hybridized carbons (Fsp3) is 0.333. The summed E-state index contributed by atoms with van der Waals surface area (Å²) in [5.74, 6) is -0.903. The lowest BCUT2D eigenvalue weighted by molar-refractivity contribution is -0.139. The number of sulfonamides is 1. The zero-order valence-electron chi connectivity index (χ0n) is 23.5. The zero-order valence-corrected chi connectivity index (χ0v) is 25.1. The minimum atomic E-state index is -4.24. The first-order chi connectivity index (χ1) is 19.5. The monoisotopic (exact) mass is 603 g/mol. The van der Waals surface area contributed by atoms with Crippen molar-refractivity contribution in [1.29, 1.82) is 0 Å². The lowest BCUT2D eigenvalue weighted by Crippen LogP contribution is -2.52. The highest BCUT2D eigenvalue weighted by atomic mass is 35.5. The van der Waals surface area contributed by atoms with Crippen LogP contribution in [0.5, 0.6) is 5.75 Å². The molecule has 8 nitrogen and oxygen atoms in total. The molecule has 0 saturated heterocycles. The van der Waals surface area contributed by atoms with Crippen LogP contribution in [0, 0.1) is 5.82 Å². The maximum Gasteiger partial charge on any atom is 0.264 e. The average Bonchev–Trinajstić information content (AvgIpc) is 2.95. The van der Waals surface area contributed by atoms with Gasteiger partial charge in [-0.25, -0.2) is 12.8 Å². The van der Waals surface area contributed by atoms with Crippen LogP contribution < -0.4 is 14.4 Å². The van der Waals surface area contributed by atoms with E-state index in [2.05, 4.69) is 5.32 Å². The number of nitrogens with one attached hydrogen (secondary N) is 1. The maximum atomic E-state index is 13.9. The van der Waals surface area contributed by atoms with Gasteiger partial charge in [0.15, 0.2) is 0 Å². The van der Waals surface area contributed by atoms with Crippen LogP contribution in [0.25, 0.3) is 0 Å². The van der Waals surface area contributed by atoms with Crippen LogP contribution in [0.4, 0.5) is 10.1 Å². The van der Waals surface area contributed by atoms with Gasteiger partial charge >= 0.3 is 0 Å². The van der Waals surface area contributed by atoms with Crippen LogP contribution in [0.2, 0.25) is 5.02 Å². The number of amides is 2. The predicted molar refractivity (Wildman–Crippen MR) is 158 cm³/mol. The minimum absolute atomic E-state index is 0.0354. The van der Waals surface area contributed by atoms with Gasteiger partial charge in [-0.05, 0) is 93.4 Å². The largest absolute Gasteiger partial charge is 0.494 e. The third-order valence-corrected chi connectivity index (χ3v) is 8.59. The Morgan fingerprint density at radius 3 is 2.12 bits per heavy atom. The molecule has 220 valence electrons. The molecule has 2 atom stereocenters. The molecule has 0 aliphatic rings. The summed E-state index contributed by atoms with van der Waals surface area (Å²) in [6.07, 6.45) is 0.690. The molecule has 41 heavy (non-hydrogen) atoms. The highest BCUT2D eigenvalue weighted by molar-refractivity contribution is 7.92. The second-order valence-electron chi connectivity index (χ2n) is 9.53. The first-order valence-electron chi connectivity index (χ1n) is 13.3. The third kappa shape index (κ3) is 8.43. The van der Waals surface area contributed by atoms with Crippen LogP contribution in [0.1, 0.15) is 39.7 Å². The summed E-state index contributed by atoms with van der Waals surface area (Å²) in [7, 11) is -4.24. The number of hydrogen-bond donors (Lipinski definition) is 1. The Morgan fingerprint density at radius 1 is 0.951 bits per heavy atom. The molecular weight excluding hydrogens is 569 g/mol. The summed E-state index contributed by atoms with van der Waals surface area (Å²) < 4.78 is 47.8. The zero-order chi connectivity index (χ0) is 30.2. The number of halogens is 2. The Balaban J connectivity index is 2.02. The molecule has 0 bridgehead atoms. The first kappa shape index (κ1) is 31.9. The van der Waals surface area contributed by atoms with Gasteiger partial charge in [0.25, 0.3) is 10.0 Å². The first-order valence-corrected chi connectivity index (χ1v) is 15.1. The van der Waals surface area contributed by atoms with Gasteiger partial charge in [-0.1, -0.05) is 30.7 Å². The van der Waals surface area contributed by atoms with Crippen LogP contribution >= 0.6 is 11.6 Å². The van der Waals surface area contributed by atoms with Gasteiger partial charge in [0.05, 0.1) is 17.2 Å². The number of carbonyl (C=O) groups is 2. The van der Waals surface area contributed by atoms with Crippen LogP contribution in [-0.4, -0.2) is 50.4 Å². The van der Waals surface area contributed by atoms with Gasteiger partial charge in [0.1, 0.15) is 24.2 Å². The predicted octanol–water partition coefficient (Wildman–Crippen LogP) is 5.41. The Bertz CT molecular complexity index is 1420. The highest BCUT2D eigenvalue weighted by Gasteiger charge is 2.32. The SMILES string of the molecule is CCOc1ccc(N(CC(=O)N(Cc2ccc(F)cc2)[C@H](C)C(=O)N[C@@H](C)CC)S(=O)(=O)c2ccc(Cl)cc2)cc1. The lowest BCUT2D eigenvalue weighted by Gasteiger charge is -2.32. The standard InChI is InChI=1S/C30H35ClFN3O5S/c1-5-21(3)33-30(37)22(4)34(19-23-7-11-25(32)12-8-23)29(36)20-35(26-13-15-27(16-14-26)40-6-2)41(38,39)28-17-9-24(31)10-18-28/h7-18,21-22H,5-6,19-20H2,1-4H3,(H,33,37)/t21-,22+/m0/s1. The molecule has 0 radical (unpaired) electrons. The van der Waals surface area contributed by atoms with Crippen LogP contribution in [0.3, 0.4) is 0 Å². The molecule has 0 aliphatic carbocycles. The van der Waals surface area contributed by atoms with Crippen LogP contribution in [-0.2, 0) is 26.2 Å². The normalized spacial score (nSPS) is 12.7. The Labute approximate surface area is 246 Å². The van der Waals surface area contributed by atoms with Crippen molar-refractivity contribution in [2.75, 3.05) is 17.5 Å². The molecular formula is C30H35ClFN3O5S. The van der Waals surface area contributed by atoms with Crippen molar-refractivity contribution in [3.8, 4) is 5.75 Å². The second-order valence-corrected chi connectivity index (χ2v) is 11.8. The maximum absolute atomic E-state index is 13.9. The van der Waals surface area contributed by atoms with Gasteiger partial charge in [0, 0.05) is 17.6 Å². The summed E-state index contributed by atoms with van der Waals surface area (Å²) in [5, 5.41) is 3.23. The smallest absolute Gasteiger partial charge is 0.264 e. The number of rotatable bonds is 13. The fourth-order valence-electron chi connectivity index (χ4n) is 3.97. The van der Waals surface area contributed by atoms with E-state index in [-0.39, 0.29) is 29.1 Å². The molecule has 0 aromatic heterocycles. The van der Waals surface area contributed by atoms with Crippen molar-refractivity contribution < 1.29 is 27.1 Å². The molecule has 0 unspecified atom stereocenters. The van der Waals surface area contributed by atoms with Crippen molar-refractivity contribution in [3.05, 3.63) is 89.2 Å². The Hall–Kier alpha value is -3.63. The van der Waals surface area contributed by atoms with Crippen molar-refractivity contribution >= 4 is 39.1 Å². The summed E-state index contributed by atoms with van der Waals surface area (Å²) in [6.45, 7) is 6.98. The van der Waals surface area contributed by atoms with Gasteiger partial charge < -0.3 is 15.0 Å². The van der Waals surface area contributed by atoms with Gasteiger partial charge in [-0.15, -0.1) is 0 Å². The van der Waals surface area contributed by atoms with E-state index < -0.39 is 34.3 Å². The van der Waals surface area contributed by atoms with Crippen molar-refractivity contribution in [1.82, 2.24) is 10.2 Å². The quantitative estimate of drug-likeness (QED) is 0.282. The molecule has 3 rings (SSSR count). The van der Waals surface area contributed by atoms with Crippen molar-refractivity contribution in [2.24, 2.45) is 0 Å². The molecule has 0 heterocycles. The van der Waals surface area contributed by atoms with E-state index in [4.69, 9.17) is 16.3 Å². The van der Waals surface area contributed by atoms with Crippen LogP contribution in [0.15, 0.2) is 77.7 Å². The van der Waals surface area contributed by atoms with E-state index in [0.717, 1.165) is 4.31 Å². The number of hydrogen-bond acceptors (Lipinski definition) is 5. The van der Waals surface area contributed by atoms with Crippen molar-refractivity contribution in [3.63, 3.8) is 0 Å². The second kappa shape index (κ2) is 14.3. The summed E-state index contributed by atoms with van der Waals surface area (Å²) in [4.78, 5) is 28.2. The molecule has 0 aliphatic heterocycles. The number of carbonyl (C=O) groups excluding carboxylic acids is 2. The fourth-order valence-corrected chi connectivity index (χ4v) is 5.51. The number of benzene rings is 3. The highest BCUT2D eigenvalue weighted by Crippen LogP contribution is 2.27. The molecule has 2 amide bonds. The van der Waals surface area contributed by atoms with E-state index in [9.17, 15) is 22.4 Å². The number of anilines is 1. The molecule has 0 fully saturated rings. The van der Waals surface area contributed by atoms with E-state index in [1.54, 1.807) is 31.2 Å². The molecule has 0 saturated carbocycles. The van der Waals surface area contributed by atoms with Gasteiger partial charge in [0.2, 0.25) is 11.8 Å². The van der Waals surface area contributed by atoms with Crippen molar-refractivity contribution in [2.45, 2.75) is 57.6 Å². The molecule has 0 spiro atoms. The van der Waals surface area contributed by atoms with E-state index in [0.29, 0.717) is 29.4 Å². The summed E-state index contributed by atoms with van der Waals surface area (Å²) in [6, 6.07) is 16.5. The average molecular weight is 604 g/mol. The van der Waals surface area contributed by atoms with E-state index in [1.807, 2.05) is 20.8 Å². The third-order valence-electron chi connectivity index (χ3n) is 6.55. The van der Waals surface area contributed by atoms with Gasteiger partial charge in [-0.2, -0.15) is 0 Å².